The molecule has 3 atom stereocenters. The zero-order chi connectivity index (χ0) is 15.9. The Labute approximate surface area is 131 Å². The van der Waals surface area contributed by atoms with Crippen LogP contribution in [0.15, 0.2) is 30.3 Å². The van der Waals surface area contributed by atoms with Gasteiger partial charge in [0, 0.05) is 18.4 Å². The van der Waals surface area contributed by atoms with Gasteiger partial charge >= 0.3 is 5.97 Å². The molecule has 3 N–H and O–H groups in total. The van der Waals surface area contributed by atoms with Crippen LogP contribution in [0.1, 0.15) is 31.2 Å². The van der Waals surface area contributed by atoms with Crippen LogP contribution in [-0.4, -0.2) is 31.1 Å². The summed E-state index contributed by atoms with van der Waals surface area (Å²) >= 11 is 0. The molecule has 0 heterocycles. The Morgan fingerprint density at radius 1 is 1.32 bits per heavy atom. The van der Waals surface area contributed by atoms with Gasteiger partial charge < -0.3 is 15.8 Å². The first-order chi connectivity index (χ1) is 10.6. The summed E-state index contributed by atoms with van der Waals surface area (Å²) in [7, 11) is 1.34. The predicted molar refractivity (Wildman–Crippen MR) is 84.0 cm³/mol. The second-order valence-electron chi connectivity index (χ2n) is 5.90. The van der Waals surface area contributed by atoms with Crippen LogP contribution in [0.25, 0.3) is 0 Å². The van der Waals surface area contributed by atoms with Crippen molar-refractivity contribution in [3.63, 3.8) is 0 Å². The smallest absolute Gasteiger partial charge is 0.328 e. The largest absolute Gasteiger partial charge is 0.467 e. The maximum absolute atomic E-state index is 12.4. The summed E-state index contributed by atoms with van der Waals surface area (Å²) in [5.41, 5.74) is 6.92. The van der Waals surface area contributed by atoms with Crippen LogP contribution >= 0.6 is 0 Å². The van der Waals surface area contributed by atoms with Crippen molar-refractivity contribution in [1.29, 1.82) is 0 Å². The molecule has 0 bridgehead atoms. The van der Waals surface area contributed by atoms with E-state index in [-0.39, 0.29) is 17.9 Å². The van der Waals surface area contributed by atoms with Crippen molar-refractivity contribution in [3.05, 3.63) is 35.9 Å². The molecule has 22 heavy (non-hydrogen) atoms. The third-order valence-electron chi connectivity index (χ3n) is 4.17. The van der Waals surface area contributed by atoms with Crippen LogP contribution in [-0.2, 0) is 20.7 Å². The minimum Gasteiger partial charge on any atom is -0.467 e. The maximum Gasteiger partial charge on any atom is 0.328 e. The zero-order valence-electron chi connectivity index (χ0n) is 13.0. The van der Waals surface area contributed by atoms with Crippen molar-refractivity contribution in [1.82, 2.24) is 5.32 Å². The first-order valence-electron chi connectivity index (χ1n) is 7.78. The lowest BCUT2D eigenvalue weighted by Gasteiger charge is -2.27. The Morgan fingerprint density at radius 3 is 2.68 bits per heavy atom. The summed E-state index contributed by atoms with van der Waals surface area (Å²) in [4.78, 5) is 24.3. The molecule has 1 aromatic rings. The van der Waals surface area contributed by atoms with Gasteiger partial charge in [-0.15, -0.1) is 0 Å². The molecule has 5 heteroatoms. The van der Waals surface area contributed by atoms with Crippen LogP contribution in [0.3, 0.4) is 0 Å². The number of benzene rings is 1. The van der Waals surface area contributed by atoms with Crippen LogP contribution in [0, 0.1) is 5.92 Å². The van der Waals surface area contributed by atoms with Crippen LogP contribution in [0.4, 0.5) is 0 Å². The van der Waals surface area contributed by atoms with E-state index in [4.69, 9.17) is 10.5 Å². The van der Waals surface area contributed by atoms with E-state index in [1.54, 1.807) is 0 Å². The average Bonchev–Trinajstić information content (AvgIpc) is 2.54. The van der Waals surface area contributed by atoms with Crippen LogP contribution in [0.2, 0.25) is 0 Å². The van der Waals surface area contributed by atoms with Gasteiger partial charge in [0.25, 0.3) is 0 Å². The number of methoxy groups -OCH3 is 1. The molecule has 1 amide bonds. The van der Waals surface area contributed by atoms with E-state index in [2.05, 4.69) is 5.32 Å². The van der Waals surface area contributed by atoms with Gasteiger partial charge in [-0.3, -0.25) is 4.79 Å². The first kappa shape index (κ1) is 16.5. The fourth-order valence-electron chi connectivity index (χ4n) is 2.94. The van der Waals surface area contributed by atoms with E-state index in [1.165, 1.54) is 7.11 Å². The standard InChI is InChI=1S/C17H24N2O3/c1-22-17(21)15(10-12-6-3-2-4-7-12)19-16(20)13-8-5-9-14(18)11-13/h2-4,6-7,13-15H,5,8-11,18H2,1H3,(H,19,20). The second-order valence-corrected chi connectivity index (χ2v) is 5.90. The minimum atomic E-state index is -0.655. The van der Waals surface area contributed by atoms with E-state index in [9.17, 15) is 9.59 Å². The number of esters is 1. The van der Waals surface area contributed by atoms with Crippen LogP contribution < -0.4 is 11.1 Å². The molecular weight excluding hydrogens is 280 g/mol. The average molecular weight is 304 g/mol. The monoisotopic (exact) mass is 304 g/mol. The lowest BCUT2D eigenvalue weighted by Crippen LogP contribution is -2.47. The number of nitrogens with two attached hydrogens (primary N) is 1. The number of hydrogen-bond donors (Lipinski definition) is 2. The minimum absolute atomic E-state index is 0.0789. The summed E-state index contributed by atoms with van der Waals surface area (Å²) in [5, 5.41) is 2.84. The lowest BCUT2D eigenvalue weighted by atomic mass is 9.85. The lowest BCUT2D eigenvalue weighted by molar-refractivity contribution is -0.145. The van der Waals surface area contributed by atoms with Gasteiger partial charge in [0.15, 0.2) is 0 Å². The Balaban J connectivity index is 2.00. The molecule has 1 aromatic carbocycles. The number of amides is 1. The molecule has 0 saturated heterocycles. The third-order valence-corrected chi connectivity index (χ3v) is 4.17. The summed E-state index contributed by atoms with van der Waals surface area (Å²) in [5.74, 6) is -0.620. The molecule has 2 rings (SSSR count). The highest BCUT2D eigenvalue weighted by Crippen LogP contribution is 2.23. The van der Waals surface area contributed by atoms with Gasteiger partial charge in [-0.05, 0) is 24.8 Å². The highest BCUT2D eigenvalue weighted by molar-refractivity contribution is 5.86. The predicted octanol–water partition coefficient (Wildman–Crippen LogP) is 1.40. The van der Waals surface area contributed by atoms with Crippen molar-refractivity contribution in [2.75, 3.05) is 7.11 Å². The molecule has 5 nitrogen and oxygen atoms in total. The Morgan fingerprint density at radius 2 is 2.05 bits per heavy atom. The highest BCUT2D eigenvalue weighted by atomic mass is 16.5. The van der Waals surface area contributed by atoms with E-state index in [0.717, 1.165) is 24.8 Å². The highest BCUT2D eigenvalue weighted by Gasteiger charge is 2.29. The second kappa shape index (κ2) is 7.94. The number of carbonyl (C=O) groups excluding carboxylic acids is 2. The van der Waals surface area contributed by atoms with Gasteiger partial charge in [-0.1, -0.05) is 36.8 Å². The molecule has 0 aromatic heterocycles. The molecule has 1 aliphatic carbocycles. The molecule has 1 fully saturated rings. The molecule has 1 aliphatic rings. The molecule has 1 saturated carbocycles. The Bertz CT molecular complexity index is 504. The van der Waals surface area contributed by atoms with E-state index in [1.807, 2.05) is 30.3 Å². The third kappa shape index (κ3) is 4.56. The summed E-state index contributed by atoms with van der Waals surface area (Å²) in [6.07, 6.45) is 3.87. The number of rotatable bonds is 5. The number of hydrogen-bond acceptors (Lipinski definition) is 4. The van der Waals surface area contributed by atoms with E-state index in [0.29, 0.717) is 12.8 Å². The zero-order valence-corrected chi connectivity index (χ0v) is 13.0. The summed E-state index contributed by atoms with van der Waals surface area (Å²) < 4.78 is 4.82. The molecule has 120 valence electrons. The van der Waals surface area contributed by atoms with Crippen molar-refractivity contribution < 1.29 is 14.3 Å². The van der Waals surface area contributed by atoms with E-state index >= 15 is 0 Å². The molecular formula is C17H24N2O3. The van der Waals surface area contributed by atoms with Gasteiger partial charge in [0.2, 0.25) is 5.91 Å². The first-order valence-corrected chi connectivity index (χ1v) is 7.78. The van der Waals surface area contributed by atoms with Gasteiger partial charge in [-0.2, -0.15) is 0 Å². The number of ether oxygens (including phenoxy) is 1. The summed E-state index contributed by atoms with van der Waals surface area (Å²) in [6.45, 7) is 0. The maximum atomic E-state index is 12.4. The molecule has 0 spiro atoms. The van der Waals surface area contributed by atoms with Crippen molar-refractivity contribution in [2.24, 2.45) is 11.7 Å². The van der Waals surface area contributed by atoms with E-state index < -0.39 is 12.0 Å². The summed E-state index contributed by atoms with van der Waals surface area (Å²) in [6, 6.07) is 9.01. The Kier molecular flexibility index (Phi) is 5.95. The van der Waals surface area contributed by atoms with Crippen molar-refractivity contribution in [2.45, 2.75) is 44.2 Å². The molecule has 0 aliphatic heterocycles. The molecule has 3 unspecified atom stereocenters. The van der Waals surface area contributed by atoms with Crippen molar-refractivity contribution >= 4 is 11.9 Å². The normalized spacial score (nSPS) is 22.6. The fourth-order valence-corrected chi connectivity index (χ4v) is 2.94. The van der Waals surface area contributed by atoms with Gasteiger partial charge in [0.05, 0.1) is 7.11 Å². The topological polar surface area (TPSA) is 81.4 Å². The van der Waals surface area contributed by atoms with Crippen molar-refractivity contribution in [3.8, 4) is 0 Å². The van der Waals surface area contributed by atoms with Gasteiger partial charge in [-0.25, -0.2) is 4.79 Å². The SMILES string of the molecule is COC(=O)C(Cc1ccccc1)NC(=O)C1CCCC(N)C1. The number of nitrogens with one attached hydrogen (secondary N) is 1. The molecule has 0 radical (unpaired) electrons. The Hall–Kier alpha value is -1.88. The fraction of sp³-hybridized carbons (Fsp3) is 0.529. The quantitative estimate of drug-likeness (QED) is 0.806. The number of carbonyl (C=O) groups is 2. The van der Waals surface area contributed by atoms with Crippen LogP contribution in [0.5, 0.6) is 0 Å². The van der Waals surface area contributed by atoms with Gasteiger partial charge in [0.1, 0.15) is 6.04 Å².